The van der Waals surface area contributed by atoms with Crippen LogP contribution in [-0.4, -0.2) is 35.4 Å². The van der Waals surface area contributed by atoms with Crippen LogP contribution in [0.1, 0.15) is 36.4 Å². The number of piperidine rings is 1. The predicted octanol–water partition coefficient (Wildman–Crippen LogP) is 2.97. The summed E-state index contributed by atoms with van der Waals surface area (Å²) in [6, 6.07) is 14.5. The van der Waals surface area contributed by atoms with Gasteiger partial charge >= 0.3 is 0 Å². The summed E-state index contributed by atoms with van der Waals surface area (Å²) in [5.41, 5.74) is 2.28. The van der Waals surface area contributed by atoms with Crippen LogP contribution in [0.5, 0.6) is 0 Å². The fourth-order valence-corrected chi connectivity index (χ4v) is 3.32. The molecule has 3 rings (SSSR count). The molecule has 0 saturated carbocycles. The van der Waals surface area contributed by atoms with Crippen molar-refractivity contribution in [2.24, 2.45) is 0 Å². The number of nitrogens with one attached hydrogen (secondary N) is 1. The average Bonchev–Trinajstić information content (AvgIpc) is 2.64. The number of hydrogen-bond donors (Lipinski definition) is 1. The molecule has 1 saturated heterocycles. The number of benzene rings is 1. The van der Waals surface area contributed by atoms with Crippen molar-refractivity contribution in [3.05, 3.63) is 66.0 Å². The van der Waals surface area contributed by atoms with Crippen LogP contribution in [0.4, 0.5) is 0 Å². The fourth-order valence-electron chi connectivity index (χ4n) is 3.32. The van der Waals surface area contributed by atoms with E-state index in [0.29, 0.717) is 13.0 Å². The summed E-state index contributed by atoms with van der Waals surface area (Å²) in [5.74, 6) is 0.0686. The second-order valence-electron chi connectivity index (χ2n) is 6.36. The molecule has 1 atom stereocenters. The molecule has 2 heterocycles. The third kappa shape index (κ3) is 4.65. The highest BCUT2D eigenvalue weighted by atomic mass is 16.1. The van der Waals surface area contributed by atoms with Gasteiger partial charge in [0.15, 0.2) is 0 Å². The minimum Gasteiger partial charge on any atom is -0.354 e. The number of carbonyl (C=O) groups excluding carboxylic acids is 1. The number of amides is 1. The first-order valence-electron chi connectivity index (χ1n) is 8.77. The van der Waals surface area contributed by atoms with Crippen LogP contribution in [0.25, 0.3) is 0 Å². The topological polar surface area (TPSA) is 45.2 Å². The minimum absolute atomic E-state index is 0.0686. The molecule has 1 aromatic carbocycles. The largest absolute Gasteiger partial charge is 0.354 e. The van der Waals surface area contributed by atoms with E-state index in [9.17, 15) is 4.79 Å². The molecule has 0 radical (unpaired) electrons. The van der Waals surface area contributed by atoms with E-state index in [4.69, 9.17) is 0 Å². The third-order valence-corrected chi connectivity index (χ3v) is 4.62. The smallest absolute Gasteiger partial charge is 0.224 e. The Labute approximate surface area is 143 Å². The molecule has 0 unspecified atom stereocenters. The van der Waals surface area contributed by atoms with Gasteiger partial charge < -0.3 is 5.32 Å². The van der Waals surface area contributed by atoms with Gasteiger partial charge in [-0.3, -0.25) is 14.7 Å². The number of hydrogen-bond acceptors (Lipinski definition) is 3. The van der Waals surface area contributed by atoms with Gasteiger partial charge in [0.05, 0.1) is 12.5 Å². The van der Waals surface area contributed by atoms with Crippen molar-refractivity contribution < 1.29 is 4.79 Å². The normalized spacial score (nSPS) is 16.5. The van der Waals surface area contributed by atoms with E-state index in [0.717, 1.165) is 18.7 Å². The van der Waals surface area contributed by atoms with Crippen LogP contribution >= 0.6 is 0 Å². The van der Waals surface area contributed by atoms with Gasteiger partial charge in [0, 0.05) is 18.9 Å². The third-order valence-electron chi connectivity index (χ3n) is 4.62. The van der Waals surface area contributed by atoms with Gasteiger partial charge in [0.25, 0.3) is 0 Å². The van der Waals surface area contributed by atoms with Gasteiger partial charge in [0.1, 0.15) is 0 Å². The Kier molecular flexibility index (Phi) is 5.96. The quantitative estimate of drug-likeness (QED) is 0.889. The van der Waals surface area contributed by atoms with Crippen molar-refractivity contribution in [1.82, 2.24) is 15.2 Å². The van der Waals surface area contributed by atoms with Gasteiger partial charge in [-0.05, 0) is 49.2 Å². The highest BCUT2D eigenvalue weighted by Crippen LogP contribution is 2.24. The monoisotopic (exact) mass is 323 g/mol. The van der Waals surface area contributed by atoms with Crippen molar-refractivity contribution in [3.63, 3.8) is 0 Å². The molecule has 0 spiro atoms. The highest BCUT2D eigenvalue weighted by Gasteiger charge is 2.22. The molecule has 1 fully saturated rings. The second-order valence-corrected chi connectivity index (χ2v) is 6.36. The minimum atomic E-state index is 0.0686. The van der Waals surface area contributed by atoms with Crippen molar-refractivity contribution in [2.45, 2.75) is 31.7 Å². The summed E-state index contributed by atoms with van der Waals surface area (Å²) in [6.07, 6.45) is 7.66. The number of pyridine rings is 1. The average molecular weight is 323 g/mol. The first-order chi connectivity index (χ1) is 11.8. The van der Waals surface area contributed by atoms with E-state index in [-0.39, 0.29) is 11.9 Å². The molecular weight excluding hydrogens is 298 g/mol. The molecule has 1 aromatic heterocycles. The number of rotatable bonds is 6. The molecule has 1 amide bonds. The lowest BCUT2D eigenvalue weighted by Gasteiger charge is -2.35. The Morgan fingerprint density at radius 3 is 2.46 bits per heavy atom. The molecule has 2 aromatic rings. The number of carbonyl (C=O) groups is 1. The van der Waals surface area contributed by atoms with Crippen LogP contribution in [0.3, 0.4) is 0 Å². The Hall–Kier alpha value is -2.20. The van der Waals surface area contributed by atoms with Crippen LogP contribution in [0, 0.1) is 0 Å². The van der Waals surface area contributed by atoms with Gasteiger partial charge in [0.2, 0.25) is 5.91 Å². The van der Waals surface area contributed by atoms with Crippen molar-refractivity contribution in [3.8, 4) is 0 Å². The van der Waals surface area contributed by atoms with Gasteiger partial charge in [-0.2, -0.15) is 0 Å². The Bertz CT molecular complexity index is 624. The van der Waals surface area contributed by atoms with Crippen LogP contribution < -0.4 is 5.32 Å². The summed E-state index contributed by atoms with van der Waals surface area (Å²) in [4.78, 5) is 18.8. The molecule has 0 aliphatic carbocycles. The lowest BCUT2D eigenvalue weighted by Crippen LogP contribution is -2.41. The molecule has 4 heteroatoms. The maximum atomic E-state index is 12.3. The zero-order valence-electron chi connectivity index (χ0n) is 14.0. The van der Waals surface area contributed by atoms with E-state index < -0.39 is 0 Å². The van der Waals surface area contributed by atoms with Gasteiger partial charge in [-0.25, -0.2) is 0 Å². The molecular formula is C20H25N3O. The van der Waals surface area contributed by atoms with Crippen molar-refractivity contribution >= 4 is 5.91 Å². The van der Waals surface area contributed by atoms with Crippen molar-refractivity contribution in [1.29, 1.82) is 0 Å². The molecule has 1 N–H and O–H groups in total. The number of aromatic nitrogens is 1. The number of likely N-dealkylation sites (tertiary alicyclic amines) is 1. The van der Waals surface area contributed by atoms with E-state index >= 15 is 0 Å². The molecule has 126 valence electrons. The Morgan fingerprint density at radius 2 is 1.75 bits per heavy atom. The molecule has 24 heavy (non-hydrogen) atoms. The van der Waals surface area contributed by atoms with E-state index in [2.05, 4.69) is 39.5 Å². The van der Waals surface area contributed by atoms with Crippen LogP contribution in [0.2, 0.25) is 0 Å². The lowest BCUT2D eigenvalue weighted by atomic mass is 10.0. The standard InChI is InChI=1S/C20H25N3O/c24-20(15-17-9-11-21-12-10-17)22-16-19(18-7-3-1-4-8-18)23-13-5-2-6-14-23/h1,3-4,7-12,19H,2,5-6,13-16H2,(H,22,24)/t19-/m1/s1. The predicted molar refractivity (Wildman–Crippen MR) is 95.6 cm³/mol. The summed E-state index contributed by atoms with van der Waals surface area (Å²) in [6.45, 7) is 2.88. The zero-order valence-corrected chi connectivity index (χ0v) is 14.0. The molecule has 1 aliphatic rings. The van der Waals surface area contributed by atoms with Gasteiger partial charge in [-0.15, -0.1) is 0 Å². The van der Waals surface area contributed by atoms with E-state index in [1.807, 2.05) is 18.2 Å². The highest BCUT2D eigenvalue weighted by molar-refractivity contribution is 5.78. The number of nitrogens with zero attached hydrogens (tertiary/aromatic N) is 2. The summed E-state index contributed by atoms with van der Waals surface area (Å²) in [5, 5.41) is 3.13. The van der Waals surface area contributed by atoms with Crippen molar-refractivity contribution in [2.75, 3.05) is 19.6 Å². The maximum absolute atomic E-state index is 12.3. The van der Waals surface area contributed by atoms with Gasteiger partial charge in [-0.1, -0.05) is 36.8 Å². The summed E-state index contributed by atoms with van der Waals surface area (Å²) < 4.78 is 0. The maximum Gasteiger partial charge on any atom is 0.224 e. The summed E-state index contributed by atoms with van der Waals surface area (Å²) >= 11 is 0. The van der Waals surface area contributed by atoms with Crippen LogP contribution in [-0.2, 0) is 11.2 Å². The molecule has 4 nitrogen and oxygen atoms in total. The molecule has 0 bridgehead atoms. The van der Waals surface area contributed by atoms with E-state index in [1.165, 1.54) is 24.8 Å². The zero-order chi connectivity index (χ0) is 16.6. The first-order valence-corrected chi connectivity index (χ1v) is 8.77. The van der Waals surface area contributed by atoms with E-state index in [1.54, 1.807) is 12.4 Å². The fraction of sp³-hybridized carbons (Fsp3) is 0.400. The first kappa shape index (κ1) is 16.7. The lowest BCUT2D eigenvalue weighted by molar-refractivity contribution is -0.120. The SMILES string of the molecule is O=C(Cc1ccncc1)NC[C@H](c1ccccc1)N1CCCCC1. The summed E-state index contributed by atoms with van der Waals surface area (Å²) in [7, 11) is 0. The Morgan fingerprint density at radius 1 is 1.04 bits per heavy atom. The van der Waals surface area contributed by atoms with Crippen LogP contribution in [0.15, 0.2) is 54.9 Å². The molecule has 1 aliphatic heterocycles. The second kappa shape index (κ2) is 8.60. The Balaban J connectivity index is 1.62.